The lowest BCUT2D eigenvalue weighted by atomic mass is 9.69. The Morgan fingerprint density at radius 3 is 2.48 bits per heavy atom. The van der Waals surface area contributed by atoms with Gasteiger partial charge in [-0.05, 0) is 43.1 Å². The van der Waals surface area contributed by atoms with Crippen molar-refractivity contribution in [2.75, 3.05) is 0 Å². The first-order valence-corrected chi connectivity index (χ1v) is 10.9. The van der Waals surface area contributed by atoms with E-state index in [0.717, 1.165) is 35.6 Å². The number of allylic oxidation sites excluding steroid dienone is 4. The van der Waals surface area contributed by atoms with Crippen molar-refractivity contribution < 1.29 is 19.5 Å². The number of rotatable bonds is 9. The second kappa shape index (κ2) is 9.79. The highest BCUT2D eigenvalue weighted by molar-refractivity contribution is 6.29. The molecule has 0 aromatic rings. The van der Waals surface area contributed by atoms with E-state index in [1.54, 1.807) is 0 Å². The van der Waals surface area contributed by atoms with E-state index in [1.807, 2.05) is 32.9 Å². The smallest absolute Gasteiger partial charge is 0.327 e. The van der Waals surface area contributed by atoms with Crippen molar-refractivity contribution in [1.82, 2.24) is 10.2 Å². The van der Waals surface area contributed by atoms with E-state index in [4.69, 9.17) is 11.6 Å². The van der Waals surface area contributed by atoms with Crippen molar-refractivity contribution in [2.45, 2.75) is 78.3 Å². The number of hydrogen-bond donors (Lipinski definition) is 2. The van der Waals surface area contributed by atoms with Crippen molar-refractivity contribution >= 4 is 29.5 Å². The first-order chi connectivity index (χ1) is 13.6. The summed E-state index contributed by atoms with van der Waals surface area (Å²) >= 11 is 6.17. The van der Waals surface area contributed by atoms with Gasteiger partial charge in [-0.25, -0.2) is 14.5 Å². The lowest BCUT2D eigenvalue weighted by Gasteiger charge is -2.47. The Bertz CT molecular complexity index is 699. The average molecular weight is 425 g/mol. The van der Waals surface area contributed by atoms with Crippen LogP contribution in [0, 0.1) is 17.3 Å². The third-order valence-corrected chi connectivity index (χ3v) is 6.22. The normalized spacial score (nSPS) is 27.4. The maximum absolute atomic E-state index is 12.8. The van der Waals surface area contributed by atoms with E-state index in [2.05, 4.69) is 18.3 Å². The van der Waals surface area contributed by atoms with Crippen molar-refractivity contribution in [3.05, 3.63) is 23.3 Å². The van der Waals surface area contributed by atoms with Gasteiger partial charge in [-0.2, -0.15) is 0 Å². The fraction of sp³-hybridized carbons (Fsp3) is 0.682. The Labute approximate surface area is 178 Å². The van der Waals surface area contributed by atoms with Crippen molar-refractivity contribution in [2.24, 2.45) is 17.3 Å². The Morgan fingerprint density at radius 2 is 1.97 bits per heavy atom. The zero-order valence-corrected chi connectivity index (χ0v) is 18.5. The zero-order chi connectivity index (χ0) is 21.8. The molecule has 0 radical (unpaired) electrons. The molecular weight excluding hydrogens is 392 g/mol. The Kier molecular flexibility index (Phi) is 7.92. The summed E-state index contributed by atoms with van der Waals surface area (Å²) in [4.78, 5) is 38.3. The van der Waals surface area contributed by atoms with Crippen LogP contribution in [0.15, 0.2) is 23.3 Å². The predicted molar refractivity (Wildman–Crippen MR) is 113 cm³/mol. The number of carbonyl (C=O) groups excluding carboxylic acids is 2. The molecular formula is C22H33ClN2O4. The number of carboxylic acid groups (broad SMARTS) is 1. The SMILES string of the molecule is CCCC(CCC)NC(=O)N1C(=O)C(C(C)CC2(C)C=CC=C(Cl)C2)C1C(=O)O. The lowest BCUT2D eigenvalue weighted by Crippen LogP contribution is -2.70. The van der Waals surface area contributed by atoms with Gasteiger partial charge in [0.15, 0.2) is 6.04 Å². The Hall–Kier alpha value is -1.82. The summed E-state index contributed by atoms with van der Waals surface area (Å²) < 4.78 is 0. The molecule has 1 saturated heterocycles. The number of hydrogen-bond acceptors (Lipinski definition) is 3. The Morgan fingerprint density at radius 1 is 1.34 bits per heavy atom. The number of nitrogens with one attached hydrogen (secondary N) is 1. The number of aliphatic carboxylic acids is 1. The van der Waals surface area contributed by atoms with Crippen LogP contribution >= 0.6 is 11.6 Å². The van der Waals surface area contributed by atoms with Gasteiger partial charge in [-0.3, -0.25) is 4.79 Å². The monoisotopic (exact) mass is 424 g/mol. The van der Waals surface area contributed by atoms with Crippen LogP contribution < -0.4 is 5.32 Å². The summed E-state index contributed by atoms with van der Waals surface area (Å²) in [5.74, 6) is -2.43. The van der Waals surface area contributed by atoms with Gasteiger partial charge in [0.25, 0.3) is 0 Å². The minimum Gasteiger partial charge on any atom is -0.480 e. The van der Waals surface area contributed by atoms with Crippen LogP contribution in [0.1, 0.15) is 66.2 Å². The highest BCUT2D eigenvalue weighted by Crippen LogP contribution is 2.43. The highest BCUT2D eigenvalue weighted by Gasteiger charge is 2.57. The minimum absolute atomic E-state index is 0.0450. The lowest BCUT2D eigenvalue weighted by molar-refractivity contribution is -0.169. The first-order valence-electron chi connectivity index (χ1n) is 10.5. The summed E-state index contributed by atoms with van der Waals surface area (Å²) in [6.45, 7) is 8.00. The van der Waals surface area contributed by atoms with E-state index in [9.17, 15) is 19.5 Å². The molecule has 0 bridgehead atoms. The second-order valence-corrected chi connectivity index (χ2v) is 9.21. The van der Waals surface area contributed by atoms with Crippen LogP contribution in [0.5, 0.6) is 0 Å². The maximum Gasteiger partial charge on any atom is 0.327 e. The number of nitrogens with zero attached hydrogens (tertiary/aromatic N) is 1. The molecule has 162 valence electrons. The molecule has 6 nitrogen and oxygen atoms in total. The number of β-lactam (4-membered cyclic amide) rings is 1. The van der Waals surface area contributed by atoms with E-state index >= 15 is 0 Å². The number of carbonyl (C=O) groups is 3. The number of amides is 3. The van der Waals surface area contributed by atoms with Gasteiger partial charge >= 0.3 is 12.0 Å². The van der Waals surface area contributed by atoms with Crippen LogP contribution in [-0.4, -0.2) is 40.0 Å². The summed E-state index contributed by atoms with van der Waals surface area (Å²) in [5, 5.41) is 13.3. The van der Waals surface area contributed by atoms with Crippen LogP contribution in [0.2, 0.25) is 0 Å². The molecule has 0 aromatic heterocycles. The maximum atomic E-state index is 12.8. The summed E-state index contributed by atoms with van der Waals surface area (Å²) in [6, 6.07) is -1.76. The third kappa shape index (κ3) is 5.41. The molecule has 2 rings (SSSR count). The van der Waals surface area contributed by atoms with E-state index in [0.29, 0.717) is 12.8 Å². The molecule has 0 spiro atoms. The molecule has 4 atom stereocenters. The van der Waals surface area contributed by atoms with Gasteiger partial charge in [0.1, 0.15) is 0 Å². The molecule has 1 aliphatic carbocycles. The molecule has 7 heteroatoms. The molecule has 2 aliphatic rings. The van der Waals surface area contributed by atoms with Crippen molar-refractivity contribution in [1.29, 1.82) is 0 Å². The predicted octanol–water partition coefficient (Wildman–Crippen LogP) is 4.69. The molecule has 2 N–H and O–H groups in total. The average Bonchev–Trinajstić information content (AvgIpc) is 2.58. The van der Waals surface area contributed by atoms with Crippen molar-refractivity contribution in [3.8, 4) is 0 Å². The van der Waals surface area contributed by atoms with Crippen molar-refractivity contribution in [3.63, 3.8) is 0 Å². The molecule has 1 aliphatic heterocycles. The Balaban J connectivity index is 2.08. The number of carboxylic acids is 1. The van der Waals surface area contributed by atoms with Crippen LogP contribution in [0.4, 0.5) is 4.79 Å². The van der Waals surface area contributed by atoms with Gasteiger partial charge in [0.05, 0.1) is 5.92 Å². The molecule has 1 fully saturated rings. The summed E-state index contributed by atoms with van der Waals surface area (Å²) in [6.07, 6.45) is 10.5. The number of halogens is 1. The molecule has 3 amide bonds. The zero-order valence-electron chi connectivity index (χ0n) is 17.8. The highest BCUT2D eigenvalue weighted by atomic mass is 35.5. The van der Waals surface area contributed by atoms with Crippen LogP contribution in [-0.2, 0) is 9.59 Å². The van der Waals surface area contributed by atoms with E-state index in [-0.39, 0.29) is 17.4 Å². The number of imide groups is 1. The second-order valence-electron chi connectivity index (χ2n) is 8.73. The largest absolute Gasteiger partial charge is 0.480 e. The van der Waals surface area contributed by atoms with Gasteiger partial charge < -0.3 is 10.4 Å². The summed E-state index contributed by atoms with van der Waals surface area (Å²) in [5.41, 5.74) is -0.232. The van der Waals surface area contributed by atoms with E-state index in [1.165, 1.54) is 0 Å². The molecule has 29 heavy (non-hydrogen) atoms. The standard InChI is InChI=1S/C22H33ClN2O4/c1-5-8-16(9-6-2)24-21(29)25-18(20(27)28)17(19(25)26)14(3)12-22(4)11-7-10-15(23)13-22/h7,10-11,14,16-18H,5-6,8-9,12-13H2,1-4H3,(H,24,29)(H,27,28). The van der Waals surface area contributed by atoms with Gasteiger partial charge in [0, 0.05) is 11.1 Å². The number of likely N-dealkylation sites (tertiary alicyclic amines) is 1. The molecule has 4 unspecified atom stereocenters. The minimum atomic E-state index is -1.14. The molecule has 0 saturated carbocycles. The van der Waals surface area contributed by atoms with Gasteiger partial charge in [0.2, 0.25) is 5.91 Å². The van der Waals surface area contributed by atoms with Crippen LogP contribution in [0.25, 0.3) is 0 Å². The van der Waals surface area contributed by atoms with E-state index < -0.39 is 29.9 Å². The molecule has 0 aromatic carbocycles. The first kappa shape index (κ1) is 23.5. The van der Waals surface area contributed by atoms with Crippen LogP contribution in [0.3, 0.4) is 0 Å². The molecule has 1 heterocycles. The van der Waals surface area contributed by atoms with Gasteiger partial charge in [-0.1, -0.05) is 64.3 Å². The summed E-state index contributed by atoms with van der Waals surface area (Å²) in [7, 11) is 0. The topological polar surface area (TPSA) is 86.7 Å². The fourth-order valence-corrected chi connectivity index (χ4v) is 5.06. The number of urea groups is 1. The third-order valence-electron chi connectivity index (χ3n) is 5.96. The quantitative estimate of drug-likeness (QED) is 0.525. The van der Waals surface area contributed by atoms with Gasteiger partial charge in [-0.15, -0.1) is 0 Å². The fourth-order valence-electron chi connectivity index (χ4n) is 4.68.